The first-order valence-corrected chi connectivity index (χ1v) is 4.78. The van der Waals surface area contributed by atoms with Crippen molar-refractivity contribution < 1.29 is 8.78 Å². The fourth-order valence-electron chi connectivity index (χ4n) is 1.10. The Labute approximate surface area is 83.3 Å². The Morgan fingerprint density at radius 2 is 2.23 bits per heavy atom. The van der Waals surface area contributed by atoms with Crippen LogP contribution in [0.1, 0.15) is 23.1 Å². The summed E-state index contributed by atoms with van der Waals surface area (Å²) in [7, 11) is 0. The number of aromatic nitrogens is 1. The summed E-state index contributed by atoms with van der Waals surface area (Å²) < 4.78 is 25.1. The molecule has 0 fully saturated rings. The molecular formula is C8H9BrF2N2. The summed E-state index contributed by atoms with van der Waals surface area (Å²) in [6.45, 7) is 1.55. The molecule has 0 aliphatic carbocycles. The SMILES string of the molecule is Cc1c(N)ncc(CBr)c1C(F)F. The molecule has 0 spiro atoms. The van der Waals surface area contributed by atoms with Gasteiger partial charge in [0.25, 0.3) is 6.43 Å². The zero-order valence-electron chi connectivity index (χ0n) is 7.02. The lowest BCUT2D eigenvalue weighted by atomic mass is 10.1. The van der Waals surface area contributed by atoms with Crippen LogP contribution in [0.4, 0.5) is 14.6 Å². The summed E-state index contributed by atoms with van der Waals surface area (Å²) in [5, 5.41) is 0.362. The predicted octanol–water partition coefficient (Wildman–Crippen LogP) is 2.80. The molecule has 0 atom stereocenters. The maximum atomic E-state index is 12.6. The Hall–Kier alpha value is -0.710. The zero-order valence-corrected chi connectivity index (χ0v) is 8.61. The van der Waals surface area contributed by atoms with Gasteiger partial charge in [0.05, 0.1) is 0 Å². The van der Waals surface area contributed by atoms with Crippen LogP contribution in [0.25, 0.3) is 0 Å². The van der Waals surface area contributed by atoms with E-state index < -0.39 is 6.43 Å². The molecule has 0 saturated heterocycles. The molecular weight excluding hydrogens is 242 g/mol. The zero-order chi connectivity index (χ0) is 10.0. The molecule has 0 radical (unpaired) electrons. The summed E-state index contributed by atoms with van der Waals surface area (Å²) in [5.41, 5.74) is 6.27. The van der Waals surface area contributed by atoms with Crippen molar-refractivity contribution in [3.8, 4) is 0 Å². The van der Waals surface area contributed by atoms with Crippen molar-refractivity contribution in [1.29, 1.82) is 0 Å². The number of pyridine rings is 1. The van der Waals surface area contributed by atoms with Crippen molar-refractivity contribution in [2.45, 2.75) is 18.7 Å². The quantitative estimate of drug-likeness (QED) is 0.821. The number of nitrogens with two attached hydrogens (primary N) is 1. The molecule has 1 aromatic rings. The van der Waals surface area contributed by atoms with E-state index in [1.54, 1.807) is 6.92 Å². The Kier molecular flexibility index (Phi) is 3.19. The van der Waals surface area contributed by atoms with Gasteiger partial charge < -0.3 is 5.73 Å². The average Bonchev–Trinajstić information content (AvgIpc) is 2.08. The Morgan fingerprint density at radius 1 is 1.62 bits per heavy atom. The third-order valence-electron chi connectivity index (χ3n) is 1.86. The van der Waals surface area contributed by atoms with Gasteiger partial charge in [-0.2, -0.15) is 0 Å². The molecule has 1 heterocycles. The average molecular weight is 251 g/mol. The standard InChI is InChI=1S/C8H9BrF2N2/c1-4-6(7(10)11)5(2-9)3-13-8(4)12/h3,7H,2H2,1H3,(H2,12,13). The van der Waals surface area contributed by atoms with Crippen LogP contribution in [0.15, 0.2) is 6.20 Å². The highest BCUT2D eigenvalue weighted by molar-refractivity contribution is 9.08. The van der Waals surface area contributed by atoms with Gasteiger partial charge in [0, 0.05) is 22.7 Å². The second-order valence-electron chi connectivity index (χ2n) is 2.64. The van der Waals surface area contributed by atoms with E-state index in [-0.39, 0.29) is 11.4 Å². The third-order valence-corrected chi connectivity index (χ3v) is 2.46. The normalized spacial score (nSPS) is 10.8. The van der Waals surface area contributed by atoms with E-state index in [0.29, 0.717) is 16.5 Å². The first-order chi connectivity index (χ1) is 6.07. The number of anilines is 1. The van der Waals surface area contributed by atoms with Crippen LogP contribution in [0.2, 0.25) is 0 Å². The van der Waals surface area contributed by atoms with Crippen LogP contribution in [-0.2, 0) is 5.33 Å². The van der Waals surface area contributed by atoms with Crippen molar-refractivity contribution in [1.82, 2.24) is 4.98 Å². The largest absolute Gasteiger partial charge is 0.383 e. The third kappa shape index (κ3) is 1.96. The smallest absolute Gasteiger partial charge is 0.264 e. The minimum absolute atomic E-state index is 0.00984. The summed E-state index contributed by atoms with van der Waals surface area (Å²) in [5.74, 6) is 0.167. The van der Waals surface area contributed by atoms with E-state index in [0.717, 1.165) is 0 Å². The number of nitrogen functional groups attached to an aromatic ring is 1. The molecule has 0 amide bonds. The number of rotatable bonds is 2. The minimum atomic E-state index is -2.50. The number of hydrogen-bond acceptors (Lipinski definition) is 2. The molecule has 0 aliphatic heterocycles. The maximum Gasteiger partial charge on any atom is 0.264 e. The molecule has 0 bridgehead atoms. The van der Waals surface area contributed by atoms with Gasteiger partial charge in [-0.15, -0.1) is 0 Å². The van der Waals surface area contributed by atoms with Gasteiger partial charge in [0.2, 0.25) is 0 Å². The highest BCUT2D eigenvalue weighted by Gasteiger charge is 2.17. The van der Waals surface area contributed by atoms with Gasteiger partial charge in [0.1, 0.15) is 5.82 Å². The van der Waals surface area contributed by atoms with E-state index in [2.05, 4.69) is 20.9 Å². The van der Waals surface area contributed by atoms with Crippen molar-refractivity contribution in [3.05, 3.63) is 22.9 Å². The lowest BCUT2D eigenvalue weighted by Gasteiger charge is -2.10. The number of hydrogen-bond donors (Lipinski definition) is 1. The number of alkyl halides is 3. The Balaban J connectivity index is 3.32. The minimum Gasteiger partial charge on any atom is -0.383 e. The van der Waals surface area contributed by atoms with Crippen LogP contribution in [0.5, 0.6) is 0 Å². The van der Waals surface area contributed by atoms with Crippen LogP contribution >= 0.6 is 15.9 Å². The number of nitrogens with zero attached hydrogens (tertiary/aromatic N) is 1. The second kappa shape index (κ2) is 4.00. The molecule has 2 N–H and O–H groups in total. The van der Waals surface area contributed by atoms with Gasteiger partial charge in [-0.1, -0.05) is 15.9 Å². The van der Waals surface area contributed by atoms with Gasteiger partial charge in [-0.3, -0.25) is 0 Å². The van der Waals surface area contributed by atoms with Crippen LogP contribution in [-0.4, -0.2) is 4.98 Å². The first-order valence-electron chi connectivity index (χ1n) is 3.66. The molecule has 0 unspecified atom stereocenters. The van der Waals surface area contributed by atoms with Gasteiger partial charge in [-0.25, -0.2) is 13.8 Å². The van der Waals surface area contributed by atoms with Crippen LogP contribution in [0.3, 0.4) is 0 Å². The van der Waals surface area contributed by atoms with Crippen molar-refractivity contribution in [2.75, 3.05) is 5.73 Å². The number of halogens is 3. The van der Waals surface area contributed by atoms with Crippen molar-refractivity contribution in [2.24, 2.45) is 0 Å². The van der Waals surface area contributed by atoms with Gasteiger partial charge in [-0.05, 0) is 12.5 Å². The summed E-state index contributed by atoms with van der Waals surface area (Å²) in [6.07, 6.45) is -1.13. The molecule has 5 heteroatoms. The summed E-state index contributed by atoms with van der Waals surface area (Å²) in [4.78, 5) is 3.81. The molecule has 0 saturated carbocycles. The molecule has 1 rings (SSSR count). The predicted molar refractivity (Wildman–Crippen MR) is 51.0 cm³/mol. The topological polar surface area (TPSA) is 38.9 Å². The van der Waals surface area contributed by atoms with Crippen molar-refractivity contribution in [3.63, 3.8) is 0 Å². The van der Waals surface area contributed by atoms with Crippen molar-refractivity contribution >= 4 is 21.7 Å². The van der Waals surface area contributed by atoms with E-state index in [9.17, 15) is 8.78 Å². The highest BCUT2D eigenvalue weighted by atomic mass is 79.9. The maximum absolute atomic E-state index is 12.6. The van der Waals surface area contributed by atoms with Crippen LogP contribution < -0.4 is 5.73 Å². The van der Waals surface area contributed by atoms with E-state index >= 15 is 0 Å². The molecule has 2 nitrogen and oxygen atoms in total. The molecule has 0 aromatic carbocycles. The van der Waals surface area contributed by atoms with E-state index in [4.69, 9.17) is 5.73 Å². The first kappa shape index (κ1) is 10.4. The monoisotopic (exact) mass is 250 g/mol. The lowest BCUT2D eigenvalue weighted by molar-refractivity contribution is 0.149. The Bertz CT molecular complexity index is 315. The fourth-order valence-corrected chi connectivity index (χ4v) is 1.55. The molecule has 72 valence electrons. The van der Waals surface area contributed by atoms with Crippen LogP contribution in [0, 0.1) is 6.92 Å². The molecule has 0 aliphatic rings. The Morgan fingerprint density at radius 3 is 2.69 bits per heavy atom. The highest BCUT2D eigenvalue weighted by Crippen LogP contribution is 2.29. The summed E-state index contributed by atoms with van der Waals surface area (Å²) in [6, 6.07) is 0. The van der Waals surface area contributed by atoms with E-state index in [1.807, 2.05) is 0 Å². The van der Waals surface area contributed by atoms with Gasteiger partial charge >= 0.3 is 0 Å². The van der Waals surface area contributed by atoms with Gasteiger partial charge in [0.15, 0.2) is 0 Å². The molecule has 1 aromatic heterocycles. The lowest BCUT2D eigenvalue weighted by Crippen LogP contribution is -2.03. The second-order valence-corrected chi connectivity index (χ2v) is 3.20. The fraction of sp³-hybridized carbons (Fsp3) is 0.375. The summed E-state index contributed by atoms with van der Waals surface area (Å²) >= 11 is 3.12. The molecule has 13 heavy (non-hydrogen) atoms. The van der Waals surface area contributed by atoms with E-state index in [1.165, 1.54) is 6.20 Å².